The van der Waals surface area contributed by atoms with Gasteiger partial charge in [0, 0.05) is 41.2 Å². The first-order valence-corrected chi connectivity index (χ1v) is 12.7. The van der Waals surface area contributed by atoms with Crippen molar-refractivity contribution in [1.82, 2.24) is 19.4 Å². The zero-order valence-corrected chi connectivity index (χ0v) is 21.7. The fraction of sp³-hybridized carbons (Fsp3) is 0.346. The second-order valence-corrected chi connectivity index (χ2v) is 10.0. The Labute approximate surface area is 222 Å². The summed E-state index contributed by atoms with van der Waals surface area (Å²) in [7, 11) is 0. The second-order valence-electron chi connectivity index (χ2n) is 9.61. The number of aliphatic imine (C=N–C) groups is 1. The van der Waals surface area contributed by atoms with Crippen LogP contribution in [0, 0.1) is 19.7 Å². The van der Waals surface area contributed by atoms with E-state index in [1.807, 2.05) is 6.07 Å². The Morgan fingerprint density at radius 1 is 1.18 bits per heavy atom. The summed E-state index contributed by atoms with van der Waals surface area (Å²) >= 11 is 6.22. The fourth-order valence-corrected chi connectivity index (χ4v) is 5.20. The molecular weight excluding hydrogens is 517 g/mol. The van der Waals surface area contributed by atoms with E-state index >= 15 is 0 Å². The van der Waals surface area contributed by atoms with Crippen LogP contribution in [0.5, 0.6) is 0 Å². The lowest BCUT2D eigenvalue weighted by atomic mass is 9.91. The molecule has 3 aromatic heterocycles. The lowest BCUT2D eigenvalue weighted by molar-refractivity contribution is 0.0542. The number of alkyl halides is 2. The summed E-state index contributed by atoms with van der Waals surface area (Å²) in [4.78, 5) is 4.39. The SMILES string of the molecule is Cc1nn(C(F)F)c(C)c1-c1cc2c(N[C@H]3CC[C@H](N)CC3)c(/C(N)=N/c3cc(F)ccc3Cl)cnn2c1. The Morgan fingerprint density at radius 3 is 2.61 bits per heavy atom. The van der Waals surface area contributed by atoms with Crippen molar-refractivity contribution in [2.45, 2.75) is 58.2 Å². The molecule has 5 N–H and O–H groups in total. The van der Waals surface area contributed by atoms with Crippen LogP contribution in [0.3, 0.4) is 0 Å². The first-order valence-electron chi connectivity index (χ1n) is 12.3. The van der Waals surface area contributed by atoms with Gasteiger partial charge in [-0.15, -0.1) is 0 Å². The molecule has 0 atom stereocenters. The third-order valence-corrected chi connectivity index (χ3v) is 7.30. The minimum atomic E-state index is -2.75. The molecule has 1 aromatic carbocycles. The van der Waals surface area contributed by atoms with Crippen molar-refractivity contribution in [2.24, 2.45) is 16.5 Å². The number of benzene rings is 1. The normalized spacial score (nSPS) is 18.5. The summed E-state index contributed by atoms with van der Waals surface area (Å²) in [5, 5.41) is 12.4. The van der Waals surface area contributed by atoms with Gasteiger partial charge in [-0.2, -0.15) is 19.0 Å². The minimum Gasteiger partial charge on any atom is -0.383 e. The summed E-state index contributed by atoms with van der Waals surface area (Å²) in [5.74, 6) is -0.388. The average molecular weight is 545 g/mol. The number of nitrogens with zero attached hydrogens (tertiary/aromatic N) is 5. The first-order chi connectivity index (χ1) is 18.1. The standard InChI is InChI=1S/C26H28ClF3N8/c1-13-23(14(2)38(36-13)26(29)30)15-9-22-24(34-18-6-4-17(31)5-7-18)19(11-33-37(22)12-15)25(32)35-21-10-16(28)3-8-20(21)27/h3,8-12,17-18,26,34H,4-7,31H2,1-2H3,(H2,32,35)/t17-,18-. The number of hydrogen-bond donors (Lipinski definition) is 3. The predicted octanol–water partition coefficient (Wildman–Crippen LogP) is 5.72. The van der Waals surface area contributed by atoms with Crippen molar-refractivity contribution >= 4 is 34.3 Å². The molecular formula is C26H28ClF3N8. The number of halogens is 4. The van der Waals surface area contributed by atoms with Crippen LogP contribution in [-0.2, 0) is 0 Å². The van der Waals surface area contributed by atoms with Crippen molar-refractivity contribution in [1.29, 1.82) is 0 Å². The van der Waals surface area contributed by atoms with E-state index < -0.39 is 12.4 Å². The Kier molecular flexibility index (Phi) is 7.06. The van der Waals surface area contributed by atoms with Crippen molar-refractivity contribution in [3.8, 4) is 11.1 Å². The van der Waals surface area contributed by atoms with Crippen LogP contribution < -0.4 is 16.8 Å². The lowest BCUT2D eigenvalue weighted by Gasteiger charge is -2.28. The van der Waals surface area contributed by atoms with Crippen LogP contribution in [0.2, 0.25) is 5.02 Å². The van der Waals surface area contributed by atoms with Gasteiger partial charge in [-0.05, 0) is 57.7 Å². The van der Waals surface area contributed by atoms with Crippen molar-refractivity contribution < 1.29 is 13.2 Å². The summed E-state index contributed by atoms with van der Waals surface area (Å²) < 4.78 is 43.2. The van der Waals surface area contributed by atoms with E-state index in [9.17, 15) is 13.2 Å². The van der Waals surface area contributed by atoms with Crippen molar-refractivity contribution in [2.75, 3.05) is 5.32 Å². The average Bonchev–Trinajstić information content (AvgIpc) is 3.43. The summed E-state index contributed by atoms with van der Waals surface area (Å²) in [5.41, 5.74) is 16.7. The van der Waals surface area contributed by atoms with Crippen LogP contribution >= 0.6 is 11.6 Å². The molecule has 0 spiro atoms. The molecule has 4 aromatic rings. The Balaban J connectivity index is 1.64. The fourth-order valence-electron chi connectivity index (χ4n) is 5.04. The number of amidine groups is 1. The maximum Gasteiger partial charge on any atom is 0.333 e. The molecule has 0 unspecified atom stereocenters. The molecule has 38 heavy (non-hydrogen) atoms. The highest BCUT2D eigenvalue weighted by atomic mass is 35.5. The van der Waals surface area contributed by atoms with E-state index in [2.05, 4.69) is 20.5 Å². The maximum atomic E-state index is 13.8. The molecule has 8 nitrogen and oxygen atoms in total. The molecule has 0 bridgehead atoms. The van der Waals surface area contributed by atoms with E-state index in [0.29, 0.717) is 44.0 Å². The van der Waals surface area contributed by atoms with Crippen LogP contribution in [0.1, 0.15) is 49.2 Å². The molecule has 0 saturated heterocycles. The second kappa shape index (κ2) is 10.3. The van der Waals surface area contributed by atoms with E-state index in [0.717, 1.165) is 25.7 Å². The summed E-state index contributed by atoms with van der Waals surface area (Å²) in [6.45, 7) is 0.561. The number of anilines is 1. The maximum absolute atomic E-state index is 13.8. The van der Waals surface area contributed by atoms with Gasteiger partial charge in [0.25, 0.3) is 0 Å². The van der Waals surface area contributed by atoms with Gasteiger partial charge in [0.2, 0.25) is 0 Å². The minimum absolute atomic E-state index is 0.100. The van der Waals surface area contributed by atoms with Crippen LogP contribution in [0.15, 0.2) is 41.7 Å². The molecule has 1 aliphatic rings. The number of hydrogen-bond acceptors (Lipinski definition) is 5. The number of nitrogens with one attached hydrogen (secondary N) is 1. The Hall–Kier alpha value is -3.57. The Bertz CT molecular complexity index is 1520. The predicted molar refractivity (Wildman–Crippen MR) is 143 cm³/mol. The van der Waals surface area contributed by atoms with Crippen molar-refractivity contribution in [3.63, 3.8) is 0 Å². The quantitative estimate of drug-likeness (QED) is 0.212. The third kappa shape index (κ3) is 4.95. The molecule has 5 rings (SSSR count). The molecule has 1 saturated carbocycles. The van der Waals surface area contributed by atoms with E-state index in [4.69, 9.17) is 23.1 Å². The van der Waals surface area contributed by atoms with E-state index in [1.54, 1.807) is 30.8 Å². The molecule has 0 amide bonds. The van der Waals surface area contributed by atoms with E-state index in [1.165, 1.54) is 18.2 Å². The lowest BCUT2D eigenvalue weighted by Crippen LogP contribution is -2.33. The topological polar surface area (TPSA) is 112 Å². The molecule has 200 valence electrons. The van der Waals surface area contributed by atoms with Crippen LogP contribution in [0.25, 0.3) is 16.6 Å². The smallest absolute Gasteiger partial charge is 0.333 e. The molecule has 12 heteroatoms. The molecule has 0 aliphatic heterocycles. The highest BCUT2D eigenvalue weighted by Gasteiger charge is 2.24. The van der Waals surface area contributed by atoms with Gasteiger partial charge in [-0.3, -0.25) is 0 Å². The zero-order valence-electron chi connectivity index (χ0n) is 20.9. The Morgan fingerprint density at radius 2 is 1.92 bits per heavy atom. The van der Waals surface area contributed by atoms with Crippen LogP contribution in [-0.4, -0.2) is 37.3 Å². The van der Waals surface area contributed by atoms with E-state index in [-0.39, 0.29) is 28.6 Å². The van der Waals surface area contributed by atoms with Gasteiger partial charge in [0.05, 0.1) is 39.4 Å². The van der Waals surface area contributed by atoms with Gasteiger partial charge >= 0.3 is 6.55 Å². The number of aryl methyl sites for hydroxylation is 1. The summed E-state index contributed by atoms with van der Waals surface area (Å²) in [6.07, 6.45) is 6.85. The van der Waals surface area contributed by atoms with Crippen molar-refractivity contribution in [3.05, 3.63) is 64.5 Å². The number of aromatic nitrogens is 4. The molecule has 0 radical (unpaired) electrons. The summed E-state index contributed by atoms with van der Waals surface area (Å²) in [6, 6.07) is 6.03. The van der Waals surface area contributed by atoms with Gasteiger partial charge < -0.3 is 16.8 Å². The number of fused-ring (bicyclic) bond motifs is 1. The largest absolute Gasteiger partial charge is 0.383 e. The molecule has 1 fully saturated rings. The molecule has 3 heterocycles. The van der Waals surface area contributed by atoms with Gasteiger partial charge in [-0.1, -0.05) is 11.6 Å². The van der Waals surface area contributed by atoms with Crippen LogP contribution in [0.4, 0.5) is 24.5 Å². The van der Waals surface area contributed by atoms with Gasteiger partial charge in [-0.25, -0.2) is 18.6 Å². The van der Waals surface area contributed by atoms with Gasteiger partial charge in [0.1, 0.15) is 11.7 Å². The molecule has 1 aliphatic carbocycles. The third-order valence-electron chi connectivity index (χ3n) is 6.98. The van der Waals surface area contributed by atoms with Gasteiger partial charge in [0.15, 0.2) is 0 Å². The zero-order chi connectivity index (χ0) is 27.1. The number of nitrogens with two attached hydrogens (primary N) is 2. The highest BCUT2D eigenvalue weighted by Crippen LogP contribution is 2.35. The monoisotopic (exact) mass is 544 g/mol. The number of rotatable bonds is 6. The first kappa shape index (κ1) is 26.1. The highest BCUT2D eigenvalue weighted by molar-refractivity contribution is 6.33.